The second kappa shape index (κ2) is 5.59. The molecule has 25 heavy (non-hydrogen) atoms. The van der Waals surface area contributed by atoms with Crippen LogP contribution in [0.1, 0.15) is 59.2 Å². The molecule has 8 nitrogen and oxygen atoms in total. The van der Waals surface area contributed by atoms with Crippen LogP contribution in [0.25, 0.3) is 0 Å². The Morgan fingerprint density at radius 3 is 2.72 bits per heavy atom. The number of nitrogens with zero attached hydrogens (tertiary/aromatic N) is 5. The van der Waals surface area contributed by atoms with Crippen molar-refractivity contribution >= 4 is 5.91 Å². The number of ether oxygens (including phenoxy) is 1. The van der Waals surface area contributed by atoms with Gasteiger partial charge in [-0.3, -0.25) is 9.78 Å². The highest BCUT2D eigenvalue weighted by Crippen LogP contribution is 2.43. The molecule has 3 aliphatic rings. The first-order valence-corrected chi connectivity index (χ1v) is 8.74. The summed E-state index contributed by atoms with van der Waals surface area (Å²) in [5.41, 5.74) is 1.18. The van der Waals surface area contributed by atoms with Gasteiger partial charge in [-0.2, -0.15) is 0 Å². The smallest absolute Gasteiger partial charge is 0.274 e. The van der Waals surface area contributed by atoms with Crippen molar-refractivity contribution in [3.8, 4) is 0 Å². The largest absolute Gasteiger partial charge is 0.422 e. The van der Waals surface area contributed by atoms with Crippen LogP contribution in [-0.4, -0.2) is 50.2 Å². The Balaban J connectivity index is 1.24. The summed E-state index contributed by atoms with van der Waals surface area (Å²) in [6.07, 6.45) is 6.10. The van der Waals surface area contributed by atoms with Crippen molar-refractivity contribution in [1.82, 2.24) is 25.1 Å². The fourth-order valence-electron chi connectivity index (χ4n) is 3.63. The van der Waals surface area contributed by atoms with Crippen LogP contribution in [0.4, 0.5) is 0 Å². The summed E-state index contributed by atoms with van der Waals surface area (Å²) in [7, 11) is 0. The Kier molecular flexibility index (Phi) is 3.34. The Morgan fingerprint density at radius 2 is 2.00 bits per heavy atom. The average Bonchev–Trinajstić information content (AvgIpc) is 3.04. The second-order valence-corrected chi connectivity index (χ2v) is 7.16. The lowest BCUT2D eigenvalue weighted by Gasteiger charge is -2.17. The van der Waals surface area contributed by atoms with Gasteiger partial charge in [-0.05, 0) is 26.2 Å². The topological polar surface area (TPSA) is 94.2 Å². The zero-order valence-electron chi connectivity index (χ0n) is 14.0. The van der Waals surface area contributed by atoms with E-state index in [1.54, 1.807) is 11.1 Å². The number of amides is 1. The molecule has 130 valence electrons. The molecule has 3 fully saturated rings. The first-order chi connectivity index (χ1) is 12.2. The number of likely N-dealkylation sites (tertiary alicyclic amines) is 1. The molecule has 8 heteroatoms. The first-order valence-electron chi connectivity index (χ1n) is 8.74. The van der Waals surface area contributed by atoms with Gasteiger partial charge in [0.15, 0.2) is 0 Å². The van der Waals surface area contributed by atoms with E-state index in [0.717, 1.165) is 30.8 Å². The van der Waals surface area contributed by atoms with Gasteiger partial charge in [0.2, 0.25) is 11.8 Å². The highest BCUT2D eigenvalue weighted by Gasteiger charge is 2.46. The zero-order valence-corrected chi connectivity index (χ0v) is 14.0. The van der Waals surface area contributed by atoms with Gasteiger partial charge in [-0.15, -0.1) is 10.2 Å². The Bertz CT molecular complexity index is 787. The first kappa shape index (κ1) is 14.9. The molecule has 0 N–H and O–H groups in total. The molecular weight excluding hydrogens is 322 g/mol. The van der Waals surface area contributed by atoms with Crippen LogP contribution in [-0.2, 0) is 4.74 Å². The minimum absolute atomic E-state index is 0.0173. The predicted molar refractivity (Wildman–Crippen MR) is 84.7 cm³/mol. The molecule has 2 aliphatic heterocycles. The standard InChI is InChI=1S/C17H19N5O3/c1-9-5-19-12(6-18-9)17(23)22-7-11-4-13(24-14(11)8-22)16-21-20-15(25-16)10-2-3-10/h5-6,10-11,13-14H,2-4,7-8H2,1H3/t11-,13-,14+/m0/s1. The molecule has 3 atom stereocenters. The van der Waals surface area contributed by atoms with E-state index in [0.29, 0.717) is 36.5 Å². The molecule has 2 aromatic heterocycles. The van der Waals surface area contributed by atoms with Crippen LogP contribution < -0.4 is 0 Å². The van der Waals surface area contributed by atoms with Gasteiger partial charge >= 0.3 is 0 Å². The monoisotopic (exact) mass is 341 g/mol. The maximum Gasteiger partial charge on any atom is 0.274 e. The van der Waals surface area contributed by atoms with Gasteiger partial charge in [0, 0.05) is 31.1 Å². The van der Waals surface area contributed by atoms with Crippen LogP contribution in [0.15, 0.2) is 16.8 Å². The van der Waals surface area contributed by atoms with E-state index in [-0.39, 0.29) is 18.1 Å². The molecule has 2 saturated heterocycles. The van der Waals surface area contributed by atoms with Crippen LogP contribution in [0, 0.1) is 12.8 Å². The molecule has 1 aliphatic carbocycles. The third-order valence-corrected chi connectivity index (χ3v) is 5.18. The number of hydrogen-bond donors (Lipinski definition) is 0. The number of fused-ring (bicyclic) bond motifs is 1. The van der Waals surface area contributed by atoms with Crippen molar-refractivity contribution in [1.29, 1.82) is 0 Å². The second-order valence-electron chi connectivity index (χ2n) is 7.16. The molecule has 5 rings (SSSR count). The molecule has 0 radical (unpaired) electrons. The summed E-state index contributed by atoms with van der Waals surface area (Å²) in [4.78, 5) is 22.7. The van der Waals surface area contributed by atoms with E-state index >= 15 is 0 Å². The van der Waals surface area contributed by atoms with E-state index in [4.69, 9.17) is 9.15 Å². The van der Waals surface area contributed by atoms with Gasteiger partial charge in [0.25, 0.3) is 5.91 Å². The van der Waals surface area contributed by atoms with Crippen molar-refractivity contribution < 1.29 is 13.9 Å². The van der Waals surface area contributed by atoms with Gasteiger partial charge in [-0.1, -0.05) is 0 Å². The van der Waals surface area contributed by atoms with Crippen LogP contribution in [0.5, 0.6) is 0 Å². The molecule has 0 bridgehead atoms. The summed E-state index contributed by atoms with van der Waals surface area (Å²) in [5.74, 6) is 1.98. The summed E-state index contributed by atoms with van der Waals surface area (Å²) < 4.78 is 11.9. The van der Waals surface area contributed by atoms with Crippen molar-refractivity contribution in [3.63, 3.8) is 0 Å². The van der Waals surface area contributed by atoms with E-state index in [9.17, 15) is 4.79 Å². The molecule has 4 heterocycles. The fourth-order valence-corrected chi connectivity index (χ4v) is 3.63. The van der Waals surface area contributed by atoms with Gasteiger partial charge < -0.3 is 14.1 Å². The SMILES string of the molecule is Cc1cnc(C(=O)N2C[C@@H]3C[C@@H](c4nnc(C5CC5)o4)O[C@@H]3C2)cn1. The molecule has 0 unspecified atom stereocenters. The summed E-state index contributed by atoms with van der Waals surface area (Å²) in [6, 6.07) is 0. The zero-order chi connectivity index (χ0) is 17.0. The summed E-state index contributed by atoms with van der Waals surface area (Å²) >= 11 is 0. The Labute approximate surface area is 144 Å². The third-order valence-electron chi connectivity index (χ3n) is 5.18. The van der Waals surface area contributed by atoms with Crippen molar-refractivity contribution in [2.75, 3.05) is 13.1 Å². The van der Waals surface area contributed by atoms with Crippen molar-refractivity contribution in [2.24, 2.45) is 5.92 Å². The van der Waals surface area contributed by atoms with E-state index < -0.39 is 0 Å². The van der Waals surface area contributed by atoms with Crippen LogP contribution >= 0.6 is 0 Å². The van der Waals surface area contributed by atoms with E-state index in [1.165, 1.54) is 6.20 Å². The molecule has 0 aromatic carbocycles. The molecule has 2 aromatic rings. The predicted octanol–water partition coefficient (Wildman–Crippen LogP) is 1.65. The van der Waals surface area contributed by atoms with E-state index in [2.05, 4.69) is 20.2 Å². The molecular formula is C17H19N5O3. The maximum atomic E-state index is 12.6. The van der Waals surface area contributed by atoms with Gasteiger partial charge in [0.05, 0.1) is 18.0 Å². The number of aromatic nitrogens is 4. The lowest BCUT2D eigenvalue weighted by Crippen LogP contribution is -2.31. The van der Waals surface area contributed by atoms with Crippen LogP contribution in [0.2, 0.25) is 0 Å². The van der Waals surface area contributed by atoms with Crippen LogP contribution in [0.3, 0.4) is 0 Å². The number of carbonyl (C=O) groups excluding carboxylic acids is 1. The fraction of sp³-hybridized carbons (Fsp3) is 0.588. The molecule has 1 saturated carbocycles. The molecule has 0 spiro atoms. The average molecular weight is 341 g/mol. The molecule has 1 amide bonds. The van der Waals surface area contributed by atoms with Gasteiger partial charge in [0.1, 0.15) is 11.8 Å². The number of hydrogen-bond acceptors (Lipinski definition) is 7. The normalized spacial score (nSPS) is 28.4. The van der Waals surface area contributed by atoms with Gasteiger partial charge in [-0.25, -0.2) is 4.98 Å². The number of carbonyl (C=O) groups is 1. The maximum absolute atomic E-state index is 12.6. The lowest BCUT2D eigenvalue weighted by molar-refractivity contribution is 0.0221. The van der Waals surface area contributed by atoms with E-state index in [1.807, 2.05) is 6.92 Å². The number of aryl methyl sites for hydroxylation is 1. The summed E-state index contributed by atoms with van der Waals surface area (Å²) in [6.45, 7) is 3.08. The van der Waals surface area contributed by atoms with Crippen molar-refractivity contribution in [3.05, 3.63) is 35.6 Å². The Hall–Kier alpha value is -2.35. The third kappa shape index (κ3) is 2.70. The highest BCUT2D eigenvalue weighted by atomic mass is 16.5. The minimum Gasteiger partial charge on any atom is -0.422 e. The minimum atomic E-state index is -0.147. The lowest BCUT2D eigenvalue weighted by atomic mass is 10.0. The Morgan fingerprint density at radius 1 is 1.16 bits per heavy atom. The quantitative estimate of drug-likeness (QED) is 0.837. The number of rotatable bonds is 3. The highest BCUT2D eigenvalue weighted by molar-refractivity contribution is 5.92. The van der Waals surface area contributed by atoms with Crippen molar-refractivity contribution in [2.45, 2.75) is 44.3 Å². The summed E-state index contributed by atoms with van der Waals surface area (Å²) in [5, 5.41) is 8.29.